The highest BCUT2D eigenvalue weighted by atomic mass is 35.5. The molecule has 0 radical (unpaired) electrons. The first kappa shape index (κ1) is 17.7. The molecule has 0 spiro atoms. The van der Waals surface area contributed by atoms with E-state index in [1.165, 1.54) is 31.3 Å². The molecule has 1 atom stereocenters. The van der Waals surface area contributed by atoms with E-state index in [1.54, 1.807) is 24.3 Å². The van der Waals surface area contributed by atoms with Crippen molar-refractivity contribution in [2.75, 3.05) is 12.4 Å². The normalized spacial score (nSPS) is 11.5. The number of carbonyl (C=O) groups excluding carboxylic acids is 2. The van der Waals surface area contributed by atoms with Crippen molar-refractivity contribution < 1.29 is 14.0 Å². The van der Waals surface area contributed by atoms with E-state index in [0.717, 1.165) is 5.56 Å². The van der Waals surface area contributed by atoms with Crippen LogP contribution in [0.15, 0.2) is 48.5 Å². The second-order valence-electron chi connectivity index (χ2n) is 5.09. The minimum Gasteiger partial charge on any atom is -0.359 e. The number of halogens is 2. The van der Waals surface area contributed by atoms with Crippen molar-refractivity contribution in [3.8, 4) is 0 Å². The third-order valence-corrected chi connectivity index (χ3v) is 3.60. The molecule has 0 bridgehead atoms. The third kappa shape index (κ3) is 5.24. The lowest BCUT2D eigenvalue weighted by molar-refractivity contribution is -0.121. The van der Waals surface area contributed by atoms with E-state index in [0.29, 0.717) is 10.7 Å². The van der Waals surface area contributed by atoms with Gasteiger partial charge in [0, 0.05) is 17.8 Å². The van der Waals surface area contributed by atoms with Gasteiger partial charge in [-0.25, -0.2) is 9.18 Å². The summed E-state index contributed by atoms with van der Waals surface area (Å²) in [5.41, 5.74) is 1.20. The maximum atomic E-state index is 12.9. The van der Waals surface area contributed by atoms with Gasteiger partial charge in [0.15, 0.2) is 0 Å². The first-order valence-corrected chi connectivity index (χ1v) is 7.65. The Bertz CT molecular complexity index is 705. The number of amides is 3. The zero-order valence-corrected chi connectivity index (χ0v) is 13.7. The van der Waals surface area contributed by atoms with Gasteiger partial charge in [0.25, 0.3) is 0 Å². The summed E-state index contributed by atoms with van der Waals surface area (Å²) in [7, 11) is 1.53. The predicted octanol–water partition coefficient (Wildman–Crippen LogP) is 3.48. The quantitative estimate of drug-likeness (QED) is 0.773. The molecule has 0 aromatic heterocycles. The highest BCUT2D eigenvalue weighted by Crippen LogP contribution is 2.20. The van der Waals surface area contributed by atoms with Crippen LogP contribution in [-0.4, -0.2) is 19.0 Å². The number of carbonyl (C=O) groups is 2. The third-order valence-electron chi connectivity index (χ3n) is 3.35. The van der Waals surface area contributed by atoms with E-state index in [4.69, 9.17) is 11.6 Å². The number of urea groups is 1. The monoisotopic (exact) mass is 349 g/mol. The van der Waals surface area contributed by atoms with E-state index in [1.807, 2.05) is 0 Å². The van der Waals surface area contributed by atoms with E-state index < -0.39 is 12.1 Å². The lowest BCUT2D eigenvalue weighted by Crippen LogP contribution is -2.35. The summed E-state index contributed by atoms with van der Waals surface area (Å²) in [6.07, 6.45) is 0.0783. The van der Waals surface area contributed by atoms with Gasteiger partial charge in [-0.2, -0.15) is 0 Å². The van der Waals surface area contributed by atoms with Crippen LogP contribution < -0.4 is 16.0 Å². The molecule has 126 valence electrons. The Labute approximate surface area is 144 Å². The van der Waals surface area contributed by atoms with E-state index in [9.17, 15) is 14.0 Å². The van der Waals surface area contributed by atoms with Crippen LogP contribution in [0.3, 0.4) is 0 Å². The Morgan fingerprint density at radius 1 is 1.08 bits per heavy atom. The molecular formula is C17H17ClFN3O2. The van der Waals surface area contributed by atoms with Gasteiger partial charge in [0.05, 0.1) is 12.5 Å². The zero-order valence-electron chi connectivity index (χ0n) is 13.0. The first-order chi connectivity index (χ1) is 11.5. The summed E-state index contributed by atoms with van der Waals surface area (Å²) in [4.78, 5) is 23.8. The van der Waals surface area contributed by atoms with Gasteiger partial charge >= 0.3 is 6.03 Å². The minimum atomic E-state index is -0.525. The highest BCUT2D eigenvalue weighted by Gasteiger charge is 2.18. The average molecular weight is 350 g/mol. The molecule has 0 heterocycles. The van der Waals surface area contributed by atoms with Crippen molar-refractivity contribution in [1.29, 1.82) is 0 Å². The summed E-state index contributed by atoms with van der Waals surface area (Å²) >= 11 is 5.87. The number of benzene rings is 2. The van der Waals surface area contributed by atoms with Crippen LogP contribution in [0.2, 0.25) is 5.02 Å². The smallest absolute Gasteiger partial charge is 0.319 e. The summed E-state index contributed by atoms with van der Waals surface area (Å²) in [5.74, 6) is -0.600. The van der Waals surface area contributed by atoms with E-state index in [2.05, 4.69) is 16.0 Å². The molecule has 0 aliphatic heterocycles. The molecule has 0 aliphatic rings. The molecule has 0 fully saturated rings. The Morgan fingerprint density at radius 3 is 2.29 bits per heavy atom. The van der Waals surface area contributed by atoms with Crippen LogP contribution in [-0.2, 0) is 4.79 Å². The molecule has 0 saturated carbocycles. The number of anilines is 1. The summed E-state index contributed by atoms with van der Waals surface area (Å²) in [5, 5.41) is 8.42. The maximum Gasteiger partial charge on any atom is 0.319 e. The van der Waals surface area contributed by atoms with E-state index in [-0.39, 0.29) is 18.1 Å². The molecule has 24 heavy (non-hydrogen) atoms. The summed E-state index contributed by atoms with van der Waals surface area (Å²) < 4.78 is 12.9. The maximum absolute atomic E-state index is 12.9. The molecule has 2 aromatic rings. The fourth-order valence-electron chi connectivity index (χ4n) is 2.09. The Morgan fingerprint density at radius 2 is 1.71 bits per heavy atom. The minimum absolute atomic E-state index is 0.0783. The fourth-order valence-corrected chi connectivity index (χ4v) is 2.22. The van der Waals surface area contributed by atoms with Crippen LogP contribution >= 0.6 is 11.6 Å². The average Bonchev–Trinajstić information content (AvgIpc) is 2.57. The lowest BCUT2D eigenvalue weighted by atomic mass is 10.0. The number of nitrogens with one attached hydrogen (secondary N) is 3. The van der Waals surface area contributed by atoms with Crippen LogP contribution in [0.25, 0.3) is 0 Å². The molecule has 1 unspecified atom stereocenters. The van der Waals surface area contributed by atoms with Crippen LogP contribution in [0, 0.1) is 5.82 Å². The van der Waals surface area contributed by atoms with Crippen LogP contribution in [0.5, 0.6) is 0 Å². The molecule has 3 amide bonds. The topological polar surface area (TPSA) is 70.2 Å². The van der Waals surface area contributed by atoms with Crippen molar-refractivity contribution in [2.24, 2.45) is 0 Å². The number of hydrogen-bond acceptors (Lipinski definition) is 2. The SMILES string of the molecule is CNC(=O)CC(NC(=O)Nc1ccc(F)cc1)c1ccc(Cl)cc1. The Hall–Kier alpha value is -2.60. The molecular weight excluding hydrogens is 333 g/mol. The second kappa shape index (κ2) is 8.31. The largest absolute Gasteiger partial charge is 0.359 e. The van der Waals surface area contributed by atoms with Gasteiger partial charge in [-0.15, -0.1) is 0 Å². The predicted molar refractivity (Wildman–Crippen MR) is 91.4 cm³/mol. The highest BCUT2D eigenvalue weighted by molar-refractivity contribution is 6.30. The van der Waals surface area contributed by atoms with E-state index >= 15 is 0 Å². The lowest BCUT2D eigenvalue weighted by Gasteiger charge is -2.19. The number of rotatable bonds is 5. The van der Waals surface area contributed by atoms with Crippen LogP contribution in [0.4, 0.5) is 14.9 Å². The van der Waals surface area contributed by atoms with Gasteiger partial charge in [-0.05, 0) is 42.0 Å². The fraction of sp³-hybridized carbons (Fsp3) is 0.176. The summed E-state index contributed by atoms with van der Waals surface area (Å²) in [6, 6.07) is 11.2. The molecule has 0 saturated heterocycles. The molecule has 2 rings (SSSR count). The second-order valence-corrected chi connectivity index (χ2v) is 5.52. The summed E-state index contributed by atoms with van der Waals surface area (Å²) in [6.45, 7) is 0. The van der Waals surface area contributed by atoms with Gasteiger partial charge in [0.2, 0.25) is 5.91 Å². The van der Waals surface area contributed by atoms with Crippen molar-refractivity contribution in [3.05, 3.63) is 64.9 Å². The van der Waals surface area contributed by atoms with Gasteiger partial charge in [0.1, 0.15) is 5.82 Å². The van der Waals surface area contributed by atoms with Crippen molar-refractivity contribution in [3.63, 3.8) is 0 Å². The van der Waals surface area contributed by atoms with Crippen molar-refractivity contribution in [2.45, 2.75) is 12.5 Å². The van der Waals surface area contributed by atoms with Crippen molar-refractivity contribution in [1.82, 2.24) is 10.6 Å². The molecule has 5 nitrogen and oxygen atoms in total. The molecule has 0 aliphatic carbocycles. The first-order valence-electron chi connectivity index (χ1n) is 7.27. The standard InChI is InChI=1S/C17H17ClFN3O2/c1-20-16(23)10-15(11-2-4-12(18)5-3-11)22-17(24)21-14-8-6-13(19)7-9-14/h2-9,15H,10H2,1H3,(H,20,23)(H2,21,22,24). The van der Waals surface area contributed by atoms with Crippen molar-refractivity contribution >= 4 is 29.2 Å². The van der Waals surface area contributed by atoms with Gasteiger partial charge in [-0.1, -0.05) is 23.7 Å². The van der Waals surface area contributed by atoms with Gasteiger partial charge in [-0.3, -0.25) is 4.79 Å². The molecule has 2 aromatic carbocycles. The molecule has 7 heteroatoms. The number of hydrogen-bond donors (Lipinski definition) is 3. The zero-order chi connectivity index (χ0) is 17.5. The Kier molecular flexibility index (Phi) is 6.14. The Balaban J connectivity index is 2.08. The van der Waals surface area contributed by atoms with Crippen LogP contribution in [0.1, 0.15) is 18.0 Å². The van der Waals surface area contributed by atoms with Gasteiger partial charge < -0.3 is 16.0 Å². The molecule has 3 N–H and O–H groups in total.